The van der Waals surface area contributed by atoms with Crippen LogP contribution in [0.3, 0.4) is 0 Å². The van der Waals surface area contributed by atoms with Crippen molar-refractivity contribution >= 4 is 11.7 Å². The lowest BCUT2D eigenvalue weighted by atomic mass is 10.0. The summed E-state index contributed by atoms with van der Waals surface area (Å²) in [4.78, 5) is 27.4. The van der Waals surface area contributed by atoms with Crippen LogP contribution in [-0.2, 0) is 4.79 Å². The molecule has 1 amide bonds. The van der Waals surface area contributed by atoms with Gasteiger partial charge in [-0.05, 0) is 10.8 Å². The minimum atomic E-state index is -0.554. The van der Waals surface area contributed by atoms with Crippen molar-refractivity contribution in [1.82, 2.24) is 15.3 Å². The smallest absolute Gasteiger partial charge is 0.340 e. The molecule has 0 saturated heterocycles. The molecule has 2 N–H and O–H groups in total. The Labute approximate surface area is 92.4 Å². The monoisotopic (exact) mass is 226 g/mol. The molecular weight excluding hydrogens is 212 g/mol. The van der Waals surface area contributed by atoms with Crippen molar-refractivity contribution in [3.05, 3.63) is 22.1 Å². The van der Waals surface area contributed by atoms with Gasteiger partial charge in [-0.2, -0.15) is 0 Å². The van der Waals surface area contributed by atoms with Crippen LogP contribution in [0.4, 0.5) is 5.82 Å². The summed E-state index contributed by atoms with van der Waals surface area (Å²) in [7, 11) is 0. The number of carbonyl (C=O) groups is 1. The standard InChI is InChI=1S/C9H14N4O3/c1-5(2)8(11-6(3)14)9-10-4-7(12-9)13(15)16/h4-5,8H,1-3H3,(H,10,12)(H,11,14). The van der Waals surface area contributed by atoms with Gasteiger partial charge in [0.2, 0.25) is 11.7 Å². The Hall–Kier alpha value is -1.92. The second-order valence-electron chi connectivity index (χ2n) is 3.83. The largest absolute Gasteiger partial charge is 0.358 e. The van der Waals surface area contributed by atoms with Gasteiger partial charge in [0.15, 0.2) is 0 Å². The molecule has 1 aromatic heterocycles. The van der Waals surface area contributed by atoms with Gasteiger partial charge in [0.05, 0.1) is 0 Å². The Bertz CT molecular complexity index is 399. The molecule has 0 aliphatic carbocycles. The Balaban J connectivity index is 2.92. The average Bonchev–Trinajstić information content (AvgIpc) is 2.61. The second kappa shape index (κ2) is 4.73. The normalized spacial score (nSPS) is 12.5. The topological polar surface area (TPSA) is 101 Å². The number of H-pyrrole nitrogens is 1. The van der Waals surface area contributed by atoms with Crippen LogP contribution in [0.1, 0.15) is 32.6 Å². The zero-order valence-corrected chi connectivity index (χ0v) is 9.35. The number of amides is 1. The van der Waals surface area contributed by atoms with Gasteiger partial charge in [-0.25, -0.2) is 9.97 Å². The molecular formula is C9H14N4O3. The number of nitrogens with zero attached hydrogens (tertiary/aromatic N) is 2. The van der Waals surface area contributed by atoms with Gasteiger partial charge in [-0.1, -0.05) is 13.8 Å². The summed E-state index contributed by atoms with van der Waals surface area (Å²) in [5.74, 6) is 0.121. The third-order valence-corrected chi connectivity index (χ3v) is 2.10. The Morgan fingerprint density at radius 3 is 2.62 bits per heavy atom. The molecule has 0 aromatic carbocycles. The lowest BCUT2D eigenvalue weighted by Crippen LogP contribution is -2.30. The SMILES string of the molecule is CC(=O)NC(c1ncc([N+](=O)[O-])[nH]1)C(C)C. The van der Waals surface area contributed by atoms with Crippen LogP contribution >= 0.6 is 0 Å². The van der Waals surface area contributed by atoms with Crippen LogP contribution in [0.25, 0.3) is 0 Å². The summed E-state index contributed by atoms with van der Waals surface area (Å²) in [5.41, 5.74) is 0. The highest BCUT2D eigenvalue weighted by Gasteiger charge is 2.24. The van der Waals surface area contributed by atoms with E-state index in [0.29, 0.717) is 5.82 Å². The highest BCUT2D eigenvalue weighted by atomic mass is 16.6. The zero-order chi connectivity index (χ0) is 12.3. The van der Waals surface area contributed by atoms with Crippen LogP contribution in [-0.4, -0.2) is 20.8 Å². The molecule has 0 aliphatic heterocycles. The highest BCUT2D eigenvalue weighted by molar-refractivity contribution is 5.73. The van der Waals surface area contributed by atoms with Crippen molar-refractivity contribution in [1.29, 1.82) is 0 Å². The summed E-state index contributed by atoms with van der Waals surface area (Å²) < 4.78 is 0. The van der Waals surface area contributed by atoms with Crippen LogP contribution in [0, 0.1) is 16.0 Å². The fourth-order valence-electron chi connectivity index (χ4n) is 1.35. The van der Waals surface area contributed by atoms with Crippen molar-refractivity contribution in [2.45, 2.75) is 26.8 Å². The summed E-state index contributed by atoms with van der Waals surface area (Å²) in [6, 6.07) is -0.341. The van der Waals surface area contributed by atoms with Crippen molar-refractivity contribution in [3.8, 4) is 0 Å². The van der Waals surface area contributed by atoms with E-state index in [0.717, 1.165) is 6.20 Å². The summed E-state index contributed by atoms with van der Waals surface area (Å²) in [6.07, 6.45) is 1.15. The number of nitrogens with one attached hydrogen (secondary N) is 2. The molecule has 7 nitrogen and oxygen atoms in total. The third kappa shape index (κ3) is 2.78. The Kier molecular flexibility index (Phi) is 3.60. The fourth-order valence-corrected chi connectivity index (χ4v) is 1.35. The number of hydrogen-bond acceptors (Lipinski definition) is 4. The van der Waals surface area contributed by atoms with E-state index in [9.17, 15) is 14.9 Å². The molecule has 0 aliphatic rings. The quantitative estimate of drug-likeness (QED) is 0.594. The predicted octanol–water partition coefficient (Wildman–Crippen LogP) is 1.15. The summed E-state index contributed by atoms with van der Waals surface area (Å²) >= 11 is 0. The molecule has 7 heteroatoms. The van der Waals surface area contributed by atoms with Gasteiger partial charge in [-0.3, -0.25) is 4.79 Å². The first kappa shape index (κ1) is 12.2. The first-order valence-electron chi connectivity index (χ1n) is 4.88. The molecule has 88 valence electrons. The predicted molar refractivity (Wildman–Crippen MR) is 56.6 cm³/mol. The molecule has 0 fully saturated rings. The van der Waals surface area contributed by atoms with E-state index in [1.54, 1.807) is 0 Å². The average molecular weight is 226 g/mol. The van der Waals surface area contributed by atoms with Crippen molar-refractivity contribution in [2.24, 2.45) is 5.92 Å². The molecule has 0 radical (unpaired) electrons. The first-order valence-corrected chi connectivity index (χ1v) is 4.88. The van der Waals surface area contributed by atoms with Gasteiger partial charge in [0, 0.05) is 6.92 Å². The Morgan fingerprint density at radius 2 is 2.25 bits per heavy atom. The van der Waals surface area contributed by atoms with E-state index in [2.05, 4.69) is 15.3 Å². The Morgan fingerprint density at radius 1 is 1.62 bits per heavy atom. The third-order valence-electron chi connectivity index (χ3n) is 2.10. The van der Waals surface area contributed by atoms with Gasteiger partial charge in [0.25, 0.3) is 0 Å². The van der Waals surface area contributed by atoms with Crippen molar-refractivity contribution < 1.29 is 9.72 Å². The maximum absolute atomic E-state index is 11.0. The molecule has 16 heavy (non-hydrogen) atoms. The molecule has 1 rings (SSSR count). The lowest BCUT2D eigenvalue weighted by molar-refractivity contribution is -0.389. The van der Waals surface area contributed by atoms with Crippen LogP contribution in [0.5, 0.6) is 0 Å². The van der Waals surface area contributed by atoms with E-state index >= 15 is 0 Å². The number of rotatable bonds is 4. The molecule has 1 atom stereocenters. The number of nitro groups is 1. The lowest BCUT2D eigenvalue weighted by Gasteiger charge is -2.16. The van der Waals surface area contributed by atoms with E-state index in [1.807, 2.05) is 13.8 Å². The number of aromatic amines is 1. The summed E-state index contributed by atoms with van der Waals surface area (Å²) in [5, 5.41) is 13.2. The van der Waals surface area contributed by atoms with Crippen molar-refractivity contribution in [3.63, 3.8) is 0 Å². The first-order chi connectivity index (χ1) is 7.41. The van der Waals surface area contributed by atoms with Crippen LogP contribution in [0.2, 0.25) is 0 Å². The minimum Gasteiger partial charge on any atom is -0.358 e. The van der Waals surface area contributed by atoms with Gasteiger partial charge < -0.3 is 15.4 Å². The number of carbonyl (C=O) groups excluding carboxylic acids is 1. The molecule has 1 heterocycles. The fraction of sp³-hybridized carbons (Fsp3) is 0.556. The molecule has 0 spiro atoms. The number of aromatic nitrogens is 2. The minimum absolute atomic E-state index is 0.0923. The molecule has 1 unspecified atom stereocenters. The van der Waals surface area contributed by atoms with E-state index in [1.165, 1.54) is 6.92 Å². The van der Waals surface area contributed by atoms with Gasteiger partial charge in [-0.15, -0.1) is 0 Å². The van der Waals surface area contributed by atoms with Gasteiger partial charge in [0.1, 0.15) is 12.2 Å². The highest BCUT2D eigenvalue weighted by Crippen LogP contribution is 2.20. The number of imidazole rings is 1. The number of hydrogen-bond donors (Lipinski definition) is 2. The molecule has 1 aromatic rings. The molecule has 0 bridgehead atoms. The van der Waals surface area contributed by atoms with Gasteiger partial charge >= 0.3 is 5.82 Å². The van der Waals surface area contributed by atoms with E-state index in [-0.39, 0.29) is 23.7 Å². The van der Waals surface area contributed by atoms with E-state index < -0.39 is 4.92 Å². The van der Waals surface area contributed by atoms with Crippen LogP contribution < -0.4 is 5.32 Å². The maximum Gasteiger partial charge on any atom is 0.340 e. The summed E-state index contributed by atoms with van der Waals surface area (Å²) in [6.45, 7) is 5.19. The zero-order valence-electron chi connectivity index (χ0n) is 9.35. The maximum atomic E-state index is 11.0. The van der Waals surface area contributed by atoms with Crippen molar-refractivity contribution in [2.75, 3.05) is 0 Å². The molecule has 0 saturated carbocycles. The van der Waals surface area contributed by atoms with E-state index in [4.69, 9.17) is 0 Å². The van der Waals surface area contributed by atoms with Crippen LogP contribution in [0.15, 0.2) is 6.20 Å². The second-order valence-corrected chi connectivity index (χ2v) is 3.83.